The minimum Gasteiger partial charge on any atom is -0.409 e. The average Bonchev–Trinajstić information content (AvgIpc) is 3.14. The summed E-state index contributed by atoms with van der Waals surface area (Å²) < 4.78 is 0. The Morgan fingerprint density at radius 2 is 2.17 bits per heavy atom. The Labute approximate surface area is 110 Å². The number of nitrogens with two attached hydrogens (primary N) is 1. The van der Waals surface area contributed by atoms with Gasteiger partial charge in [0.1, 0.15) is 5.84 Å². The highest BCUT2D eigenvalue weighted by Crippen LogP contribution is 2.50. The van der Waals surface area contributed by atoms with Crippen LogP contribution in [0.2, 0.25) is 0 Å². The van der Waals surface area contributed by atoms with Crippen LogP contribution in [-0.4, -0.2) is 35.1 Å². The molecule has 4 heteroatoms. The zero-order valence-electron chi connectivity index (χ0n) is 11.6. The van der Waals surface area contributed by atoms with E-state index in [-0.39, 0.29) is 0 Å². The van der Waals surface area contributed by atoms with Crippen LogP contribution in [0.4, 0.5) is 0 Å². The van der Waals surface area contributed by atoms with Crippen LogP contribution in [0, 0.1) is 5.41 Å². The molecule has 1 aliphatic carbocycles. The summed E-state index contributed by atoms with van der Waals surface area (Å²) in [5, 5.41) is 11.9. The summed E-state index contributed by atoms with van der Waals surface area (Å²) in [6.45, 7) is 4.67. The number of likely N-dealkylation sites (tertiary alicyclic amines) is 1. The molecule has 1 aliphatic heterocycles. The lowest BCUT2D eigenvalue weighted by Gasteiger charge is -2.32. The molecule has 0 radical (unpaired) electrons. The summed E-state index contributed by atoms with van der Waals surface area (Å²) in [5.41, 5.74) is 6.00. The van der Waals surface area contributed by atoms with E-state index in [4.69, 9.17) is 10.9 Å². The molecule has 18 heavy (non-hydrogen) atoms. The number of oxime groups is 1. The number of rotatable bonds is 5. The van der Waals surface area contributed by atoms with Crippen molar-refractivity contribution in [3.63, 3.8) is 0 Å². The van der Waals surface area contributed by atoms with Crippen molar-refractivity contribution in [2.24, 2.45) is 16.3 Å². The van der Waals surface area contributed by atoms with Crippen LogP contribution in [0.5, 0.6) is 0 Å². The fraction of sp³-hybridized carbons (Fsp3) is 0.929. The highest BCUT2D eigenvalue weighted by Gasteiger charge is 2.45. The third-order valence-electron chi connectivity index (χ3n) is 4.65. The first-order valence-corrected chi connectivity index (χ1v) is 7.39. The van der Waals surface area contributed by atoms with Gasteiger partial charge in [0.05, 0.1) is 0 Å². The van der Waals surface area contributed by atoms with E-state index in [0.29, 0.717) is 11.3 Å². The van der Waals surface area contributed by atoms with Gasteiger partial charge in [0, 0.05) is 19.0 Å². The van der Waals surface area contributed by atoms with Crippen LogP contribution in [0.25, 0.3) is 0 Å². The van der Waals surface area contributed by atoms with Crippen molar-refractivity contribution < 1.29 is 5.21 Å². The second-order valence-electron chi connectivity index (χ2n) is 6.15. The van der Waals surface area contributed by atoms with E-state index in [9.17, 15) is 0 Å². The molecule has 1 saturated carbocycles. The first kappa shape index (κ1) is 13.7. The first-order valence-electron chi connectivity index (χ1n) is 7.39. The van der Waals surface area contributed by atoms with Crippen molar-refractivity contribution in [2.45, 2.75) is 64.3 Å². The van der Waals surface area contributed by atoms with Crippen molar-refractivity contribution in [3.8, 4) is 0 Å². The smallest absolute Gasteiger partial charge is 0.139 e. The zero-order valence-corrected chi connectivity index (χ0v) is 11.6. The maximum atomic E-state index is 8.72. The molecule has 0 bridgehead atoms. The summed E-state index contributed by atoms with van der Waals surface area (Å²) in [5.74, 6) is 0.398. The Hall–Kier alpha value is -0.770. The van der Waals surface area contributed by atoms with Gasteiger partial charge in [-0.15, -0.1) is 0 Å². The lowest BCUT2D eigenvalue weighted by atomic mass is 9.99. The second kappa shape index (κ2) is 5.91. The third-order valence-corrected chi connectivity index (χ3v) is 4.65. The first-order chi connectivity index (χ1) is 8.69. The fourth-order valence-corrected chi connectivity index (χ4v) is 3.33. The van der Waals surface area contributed by atoms with E-state index in [2.05, 4.69) is 17.0 Å². The Morgan fingerprint density at radius 1 is 1.39 bits per heavy atom. The quantitative estimate of drug-likeness (QED) is 0.342. The van der Waals surface area contributed by atoms with Gasteiger partial charge in [0.25, 0.3) is 0 Å². The minimum absolute atomic E-state index is 0.314. The van der Waals surface area contributed by atoms with Crippen molar-refractivity contribution in [2.75, 3.05) is 13.1 Å². The minimum atomic E-state index is 0.314. The van der Waals surface area contributed by atoms with Gasteiger partial charge < -0.3 is 10.9 Å². The Kier molecular flexibility index (Phi) is 4.49. The van der Waals surface area contributed by atoms with Gasteiger partial charge >= 0.3 is 0 Å². The third kappa shape index (κ3) is 3.37. The number of amidine groups is 1. The van der Waals surface area contributed by atoms with Gasteiger partial charge in [0.2, 0.25) is 0 Å². The van der Waals surface area contributed by atoms with Crippen LogP contribution < -0.4 is 5.73 Å². The lowest BCUT2D eigenvalue weighted by molar-refractivity contribution is 0.158. The topological polar surface area (TPSA) is 61.8 Å². The van der Waals surface area contributed by atoms with E-state index < -0.39 is 0 Å². The van der Waals surface area contributed by atoms with Gasteiger partial charge in [0.15, 0.2) is 0 Å². The molecule has 1 saturated heterocycles. The molecule has 2 fully saturated rings. The van der Waals surface area contributed by atoms with E-state index in [1.54, 1.807) is 0 Å². The molecule has 0 spiro atoms. The number of hydrogen-bond acceptors (Lipinski definition) is 3. The summed E-state index contributed by atoms with van der Waals surface area (Å²) in [4.78, 5) is 2.67. The van der Waals surface area contributed by atoms with Crippen LogP contribution in [0.1, 0.15) is 58.3 Å². The predicted molar refractivity (Wildman–Crippen MR) is 73.8 cm³/mol. The SMILES string of the molecule is CCC1CCCCCN1CC1(CC(N)=NO)CC1. The molecule has 2 rings (SSSR count). The predicted octanol–water partition coefficient (Wildman–Crippen LogP) is 2.56. The molecular weight excluding hydrogens is 226 g/mol. The van der Waals surface area contributed by atoms with E-state index in [1.807, 2.05) is 0 Å². The highest BCUT2D eigenvalue weighted by atomic mass is 16.4. The molecule has 104 valence electrons. The van der Waals surface area contributed by atoms with E-state index >= 15 is 0 Å². The molecule has 1 heterocycles. The van der Waals surface area contributed by atoms with Crippen molar-refractivity contribution in [1.82, 2.24) is 4.90 Å². The van der Waals surface area contributed by atoms with Gasteiger partial charge in [-0.3, -0.25) is 4.90 Å². The van der Waals surface area contributed by atoms with Crippen molar-refractivity contribution in [1.29, 1.82) is 0 Å². The molecule has 1 atom stereocenters. The Morgan fingerprint density at radius 3 is 2.78 bits per heavy atom. The maximum absolute atomic E-state index is 8.72. The van der Waals surface area contributed by atoms with Gasteiger partial charge in [-0.05, 0) is 44.1 Å². The summed E-state index contributed by atoms with van der Waals surface area (Å²) >= 11 is 0. The monoisotopic (exact) mass is 253 g/mol. The molecule has 3 N–H and O–H groups in total. The van der Waals surface area contributed by atoms with Crippen LogP contribution in [0.3, 0.4) is 0 Å². The molecule has 0 aromatic carbocycles. The second-order valence-corrected chi connectivity index (χ2v) is 6.15. The van der Waals surface area contributed by atoms with Gasteiger partial charge in [-0.25, -0.2) is 0 Å². The summed E-state index contributed by atoms with van der Waals surface area (Å²) in [6.07, 6.45) is 9.90. The van der Waals surface area contributed by atoms with Crippen molar-refractivity contribution in [3.05, 3.63) is 0 Å². The van der Waals surface area contributed by atoms with Crippen molar-refractivity contribution >= 4 is 5.84 Å². The molecule has 2 aliphatic rings. The number of nitrogens with zero attached hydrogens (tertiary/aromatic N) is 2. The molecule has 0 amide bonds. The van der Waals surface area contributed by atoms with Crippen LogP contribution >= 0.6 is 0 Å². The zero-order chi connectivity index (χ0) is 13.0. The Bertz CT molecular complexity index is 299. The molecule has 0 aromatic heterocycles. The van der Waals surface area contributed by atoms with Gasteiger partial charge in [-0.2, -0.15) is 0 Å². The van der Waals surface area contributed by atoms with Crippen LogP contribution in [0.15, 0.2) is 5.16 Å². The highest BCUT2D eigenvalue weighted by molar-refractivity contribution is 5.80. The molecular formula is C14H27N3O. The fourth-order valence-electron chi connectivity index (χ4n) is 3.33. The number of hydrogen-bond donors (Lipinski definition) is 2. The largest absolute Gasteiger partial charge is 0.409 e. The Balaban J connectivity index is 1.94. The lowest BCUT2D eigenvalue weighted by Crippen LogP contribution is -2.39. The summed E-state index contributed by atoms with van der Waals surface area (Å²) in [7, 11) is 0. The maximum Gasteiger partial charge on any atom is 0.139 e. The molecule has 0 aromatic rings. The molecule has 1 unspecified atom stereocenters. The normalized spacial score (nSPS) is 28.9. The van der Waals surface area contributed by atoms with E-state index in [1.165, 1.54) is 51.5 Å². The standard InChI is InChI=1S/C14H27N3O/c1-2-12-6-4-3-5-9-17(12)11-14(7-8-14)10-13(15)16-18/h12,18H,2-11H2,1H3,(H2,15,16). The average molecular weight is 253 g/mol. The van der Waals surface area contributed by atoms with Gasteiger partial charge in [-0.1, -0.05) is 24.9 Å². The summed E-state index contributed by atoms with van der Waals surface area (Å²) in [6, 6.07) is 0.747. The van der Waals surface area contributed by atoms with Crippen LogP contribution in [-0.2, 0) is 0 Å². The van der Waals surface area contributed by atoms with E-state index in [0.717, 1.165) is 19.0 Å². The molecule has 4 nitrogen and oxygen atoms in total.